The molecule has 0 aromatic heterocycles. The van der Waals surface area contributed by atoms with Crippen LogP contribution in [-0.2, 0) is 9.53 Å². The van der Waals surface area contributed by atoms with Crippen LogP contribution >= 0.6 is 0 Å². The highest BCUT2D eigenvalue weighted by atomic mass is 16.5. The van der Waals surface area contributed by atoms with Gasteiger partial charge in [0.15, 0.2) is 0 Å². The summed E-state index contributed by atoms with van der Waals surface area (Å²) < 4.78 is 5.52. The molecule has 0 aliphatic heterocycles. The van der Waals surface area contributed by atoms with Gasteiger partial charge in [-0.25, -0.2) is 0 Å². The quantitative estimate of drug-likeness (QED) is 0.830. The summed E-state index contributed by atoms with van der Waals surface area (Å²) in [6.45, 7) is 2.41. The summed E-state index contributed by atoms with van der Waals surface area (Å²) in [6.07, 6.45) is 4.73. The predicted molar refractivity (Wildman–Crippen MR) is 72.4 cm³/mol. The van der Waals surface area contributed by atoms with Gasteiger partial charge in [-0.3, -0.25) is 4.79 Å². The minimum atomic E-state index is -0.155. The molecule has 1 aromatic rings. The van der Waals surface area contributed by atoms with Crippen molar-refractivity contribution < 1.29 is 9.53 Å². The fourth-order valence-corrected chi connectivity index (χ4v) is 2.40. The van der Waals surface area contributed by atoms with Gasteiger partial charge in [-0.05, 0) is 37.3 Å². The molecule has 1 aliphatic carbocycles. The first-order chi connectivity index (χ1) is 8.75. The van der Waals surface area contributed by atoms with Gasteiger partial charge < -0.3 is 10.1 Å². The van der Waals surface area contributed by atoms with Gasteiger partial charge in [-0.1, -0.05) is 31.5 Å². The second kappa shape index (κ2) is 6.43. The summed E-state index contributed by atoms with van der Waals surface area (Å²) in [6, 6.07) is 9.72. The van der Waals surface area contributed by atoms with Crippen LogP contribution in [0.4, 0.5) is 5.69 Å². The molecule has 2 rings (SSSR count). The molecule has 0 heterocycles. The van der Waals surface area contributed by atoms with Crippen LogP contribution in [0.2, 0.25) is 0 Å². The van der Waals surface area contributed by atoms with Crippen molar-refractivity contribution in [1.82, 2.24) is 0 Å². The third-order valence-electron chi connectivity index (χ3n) is 3.53. The lowest BCUT2D eigenvalue weighted by Gasteiger charge is -2.28. The Bertz CT molecular complexity index is 377. The lowest BCUT2D eigenvalue weighted by molar-refractivity contribution is -0.150. The standard InChI is InChI=1S/C15H21NO2/c1-12-7-5-6-10-14(12)18-15(17)11-16-13-8-3-2-4-9-13/h2-4,8-9,12,14,16H,5-7,10-11H2,1H3. The maximum Gasteiger partial charge on any atom is 0.325 e. The molecule has 1 fully saturated rings. The lowest BCUT2D eigenvalue weighted by atomic mass is 9.88. The summed E-state index contributed by atoms with van der Waals surface area (Å²) in [5.41, 5.74) is 0.950. The summed E-state index contributed by atoms with van der Waals surface area (Å²) in [7, 11) is 0. The number of carbonyl (C=O) groups excluding carboxylic acids is 1. The molecular formula is C15H21NO2. The van der Waals surface area contributed by atoms with Gasteiger partial charge in [0, 0.05) is 5.69 Å². The van der Waals surface area contributed by atoms with E-state index < -0.39 is 0 Å². The van der Waals surface area contributed by atoms with Crippen LogP contribution in [0.1, 0.15) is 32.6 Å². The van der Waals surface area contributed by atoms with E-state index in [0.29, 0.717) is 5.92 Å². The first kappa shape index (κ1) is 12.9. The first-order valence-corrected chi connectivity index (χ1v) is 6.74. The normalized spacial score (nSPS) is 23.4. The molecule has 98 valence electrons. The molecule has 18 heavy (non-hydrogen) atoms. The van der Waals surface area contributed by atoms with Gasteiger partial charge in [0.25, 0.3) is 0 Å². The molecule has 3 nitrogen and oxygen atoms in total. The number of esters is 1. The number of hydrogen-bond donors (Lipinski definition) is 1. The number of anilines is 1. The van der Waals surface area contributed by atoms with Gasteiger partial charge in [-0.15, -0.1) is 0 Å². The van der Waals surface area contributed by atoms with Gasteiger partial charge >= 0.3 is 5.97 Å². The molecule has 0 bridgehead atoms. The topological polar surface area (TPSA) is 38.3 Å². The number of hydrogen-bond acceptors (Lipinski definition) is 3. The van der Waals surface area contributed by atoms with Crippen LogP contribution < -0.4 is 5.32 Å². The molecule has 3 heteroatoms. The number of rotatable bonds is 4. The van der Waals surface area contributed by atoms with Gasteiger partial charge in [0.2, 0.25) is 0 Å². The van der Waals surface area contributed by atoms with Crippen molar-refractivity contribution in [3.63, 3.8) is 0 Å². The fraction of sp³-hybridized carbons (Fsp3) is 0.533. The van der Waals surface area contributed by atoms with Gasteiger partial charge in [0.05, 0.1) is 0 Å². The molecule has 1 saturated carbocycles. The number of nitrogens with one attached hydrogen (secondary N) is 1. The van der Waals surface area contributed by atoms with E-state index >= 15 is 0 Å². The van der Waals surface area contributed by atoms with Crippen LogP contribution in [0.5, 0.6) is 0 Å². The highest BCUT2D eigenvalue weighted by molar-refractivity contribution is 5.75. The minimum absolute atomic E-state index is 0.115. The summed E-state index contributed by atoms with van der Waals surface area (Å²) in [4.78, 5) is 11.7. The van der Waals surface area contributed by atoms with E-state index in [1.165, 1.54) is 19.3 Å². The van der Waals surface area contributed by atoms with E-state index in [4.69, 9.17) is 4.74 Å². The molecule has 2 unspecified atom stereocenters. The predicted octanol–water partition coefficient (Wildman–Crippen LogP) is 3.22. The molecular weight excluding hydrogens is 226 g/mol. The van der Waals surface area contributed by atoms with E-state index in [-0.39, 0.29) is 18.6 Å². The Morgan fingerprint density at radius 3 is 2.72 bits per heavy atom. The number of para-hydroxylation sites is 1. The third kappa shape index (κ3) is 3.76. The largest absolute Gasteiger partial charge is 0.461 e. The van der Waals surface area contributed by atoms with Crippen LogP contribution in [0.25, 0.3) is 0 Å². The molecule has 0 saturated heterocycles. The highest BCUT2D eigenvalue weighted by Crippen LogP contribution is 2.26. The van der Waals surface area contributed by atoms with Crippen LogP contribution in [0.15, 0.2) is 30.3 Å². The maximum absolute atomic E-state index is 11.7. The van der Waals surface area contributed by atoms with Crippen LogP contribution in [0, 0.1) is 5.92 Å². The smallest absolute Gasteiger partial charge is 0.325 e. The molecule has 1 aromatic carbocycles. The van der Waals surface area contributed by atoms with E-state index in [0.717, 1.165) is 12.1 Å². The molecule has 2 atom stereocenters. The van der Waals surface area contributed by atoms with Crippen molar-refractivity contribution >= 4 is 11.7 Å². The molecule has 0 spiro atoms. The molecule has 0 radical (unpaired) electrons. The Morgan fingerprint density at radius 1 is 1.28 bits per heavy atom. The Balaban J connectivity index is 1.75. The Hall–Kier alpha value is -1.51. The number of benzene rings is 1. The van der Waals surface area contributed by atoms with Crippen molar-refractivity contribution in [2.75, 3.05) is 11.9 Å². The average molecular weight is 247 g/mol. The maximum atomic E-state index is 11.7. The zero-order valence-corrected chi connectivity index (χ0v) is 10.9. The Morgan fingerprint density at radius 2 is 2.00 bits per heavy atom. The zero-order valence-electron chi connectivity index (χ0n) is 10.9. The van der Waals surface area contributed by atoms with E-state index in [1.54, 1.807) is 0 Å². The number of carbonyl (C=O) groups is 1. The number of ether oxygens (including phenoxy) is 1. The Labute approximate surface area is 109 Å². The summed E-state index contributed by atoms with van der Waals surface area (Å²) >= 11 is 0. The van der Waals surface area contributed by atoms with Crippen LogP contribution in [0.3, 0.4) is 0 Å². The minimum Gasteiger partial charge on any atom is -0.461 e. The highest BCUT2D eigenvalue weighted by Gasteiger charge is 2.24. The average Bonchev–Trinajstić information content (AvgIpc) is 2.40. The molecule has 0 amide bonds. The van der Waals surface area contributed by atoms with Crippen molar-refractivity contribution in [3.05, 3.63) is 30.3 Å². The fourth-order valence-electron chi connectivity index (χ4n) is 2.40. The molecule has 1 N–H and O–H groups in total. The van der Waals surface area contributed by atoms with Crippen molar-refractivity contribution in [2.45, 2.75) is 38.7 Å². The third-order valence-corrected chi connectivity index (χ3v) is 3.53. The zero-order chi connectivity index (χ0) is 12.8. The monoisotopic (exact) mass is 247 g/mol. The van der Waals surface area contributed by atoms with Crippen LogP contribution in [-0.4, -0.2) is 18.6 Å². The van der Waals surface area contributed by atoms with Crippen molar-refractivity contribution in [2.24, 2.45) is 5.92 Å². The lowest BCUT2D eigenvalue weighted by Crippen LogP contribution is -2.30. The second-order valence-corrected chi connectivity index (χ2v) is 5.01. The second-order valence-electron chi connectivity index (χ2n) is 5.01. The van der Waals surface area contributed by atoms with Crippen molar-refractivity contribution in [3.8, 4) is 0 Å². The van der Waals surface area contributed by atoms with E-state index in [2.05, 4.69) is 12.2 Å². The summed E-state index contributed by atoms with van der Waals surface area (Å²) in [5.74, 6) is 0.344. The van der Waals surface area contributed by atoms with E-state index in [1.807, 2.05) is 30.3 Å². The van der Waals surface area contributed by atoms with Gasteiger partial charge in [0.1, 0.15) is 12.6 Å². The first-order valence-electron chi connectivity index (χ1n) is 6.74. The van der Waals surface area contributed by atoms with Crippen molar-refractivity contribution in [1.29, 1.82) is 0 Å². The molecule has 1 aliphatic rings. The summed E-state index contributed by atoms with van der Waals surface area (Å²) in [5, 5.41) is 3.07. The Kier molecular flexibility index (Phi) is 4.62. The van der Waals surface area contributed by atoms with E-state index in [9.17, 15) is 4.79 Å². The van der Waals surface area contributed by atoms with Gasteiger partial charge in [-0.2, -0.15) is 0 Å². The SMILES string of the molecule is CC1CCCCC1OC(=O)CNc1ccccc1.